The fraction of sp³-hybridized carbons (Fsp3) is 0.200. The smallest absolute Gasteiger partial charge is 0.0291 e. The Bertz CT molecular complexity index is 127. The minimum atomic E-state index is 0. The van der Waals surface area contributed by atoms with Gasteiger partial charge in [-0.2, -0.15) is 11.3 Å². The molecular formula is C5H5BrPbS. The minimum absolute atomic E-state index is 0. The van der Waals surface area contributed by atoms with Crippen LogP contribution in [0.2, 0.25) is 0 Å². The van der Waals surface area contributed by atoms with E-state index in [-0.39, 0.29) is 27.3 Å². The van der Waals surface area contributed by atoms with Crippen LogP contribution in [0.5, 0.6) is 0 Å². The third-order valence-electron chi connectivity index (χ3n) is 0.734. The summed E-state index contributed by atoms with van der Waals surface area (Å²) in [4.78, 5) is 0. The number of halogens is 1. The summed E-state index contributed by atoms with van der Waals surface area (Å²) in [6.07, 6.45) is 0. The molecule has 1 aromatic heterocycles. The van der Waals surface area contributed by atoms with E-state index in [4.69, 9.17) is 0 Å². The van der Waals surface area contributed by atoms with Crippen molar-refractivity contribution < 1.29 is 0 Å². The van der Waals surface area contributed by atoms with Crippen molar-refractivity contribution in [3.05, 3.63) is 22.4 Å². The molecule has 0 unspecified atom stereocenters. The van der Waals surface area contributed by atoms with Crippen LogP contribution in [0.3, 0.4) is 0 Å². The Balaban J connectivity index is 0.000000490. The summed E-state index contributed by atoms with van der Waals surface area (Å²) < 4.78 is 0. The molecule has 0 fully saturated rings. The second-order valence-electron chi connectivity index (χ2n) is 1.27. The van der Waals surface area contributed by atoms with Gasteiger partial charge in [0, 0.05) is 32.6 Å². The Morgan fingerprint density at radius 2 is 2.38 bits per heavy atom. The molecule has 4 radical (unpaired) electrons. The molecule has 1 rings (SSSR count). The van der Waals surface area contributed by atoms with Gasteiger partial charge in [-0.25, -0.2) is 0 Å². The molecule has 0 amide bonds. The molecule has 0 aromatic carbocycles. The van der Waals surface area contributed by atoms with Gasteiger partial charge < -0.3 is 0 Å². The van der Waals surface area contributed by atoms with Gasteiger partial charge in [-0.3, -0.25) is 0 Å². The SMILES string of the molecule is BrCc1ccsc1.[Pb]. The van der Waals surface area contributed by atoms with Crippen LogP contribution in [0.1, 0.15) is 5.56 Å². The van der Waals surface area contributed by atoms with Crippen LogP contribution in [0.4, 0.5) is 0 Å². The molecule has 8 heavy (non-hydrogen) atoms. The van der Waals surface area contributed by atoms with E-state index in [0.29, 0.717) is 0 Å². The van der Waals surface area contributed by atoms with Gasteiger partial charge in [0.15, 0.2) is 0 Å². The average molecular weight is 384 g/mol. The van der Waals surface area contributed by atoms with Gasteiger partial charge in [0.1, 0.15) is 0 Å². The summed E-state index contributed by atoms with van der Waals surface area (Å²) in [6, 6.07) is 2.11. The topological polar surface area (TPSA) is 0 Å². The van der Waals surface area contributed by atoms with E-state index in [1.54, 1.807) is 11.3 Å². The second-order valence-corrected chi connectivity index (χ2v) is 2.61. The Hall–Kier alpha value is 1.10. The van der Waals surface area contributed by atoms with Crippen LogP contribution < -0.4 is 0 Å². The van der Waals surface area contributed by atoms with Crippen LogP contribution >= 0.6 is 27.3 Å². The molecule has 0 bridgehead atoms. The maximum atomic E-state index is 3.34. The number of alkyl halides is 1. The van der Waals surface area contributed by atoms with E-state index < -0.39 is 0 Å². The quantitative estimate of drug-likeness (QED) is 0.515. The first-order chi connectivity index (χ1) is 3.43. The van der Waals surface area contributed by atoms with Crippen molar-refractivity contribution in [2.45, 2.75) is 5.33 Å². The number of thiophene rings is 1. The van der Waals surface area contributed by atoms with Crippen LogP contribution in [0.25, 0.3) is 0 Å². The normalized spacial score (nSPS) is 8.12. The molecule has 0 aliphatic carbocycles. The molecule has 1 aromatic rings. The maximum absolute atomic E-state index is 3.34. The van der Waals surface area contributed by atoms with E-state index in [9.17, 15) is 0 Å². The molecule has 1 heterocycles. The first kappa shape index (κ1) is 9.10. The molecule has 0 nitrogen and oxygen atoms in total. The standard InChI is InChI=1S/C5H5BrS.Pb/c6-3-5-1-2-7-4-5;/h1-2,4H,3H2;. The van der Waals surface area contributed by atoms with Crippen LogP contribution in [0.15, 0.2) is 16.8 Å². The molecule has 0 spiro atoms. The Kier molecular flexibility index (Phi) is 5.61. The summed E-state index contributed by atoms with van der Waals surface area (Å²) in [5.41, 5.74) is 1.37. The van der Waals surface area contributed by atoms with Gasteiger partial charge in [-0.1, -0.05) is 15.9 Å². The van der Waals surface area contributed by atoms with Crippen molar-refractivity contribution in [1.29, 1.82) is 0 Å². The summed E-state index contributed by atoms with van der Waals surface area (Å²) in [7, 11) is 0. The second kappa shape index (κ2) is 4.93. The van der Waals surface area contributed by atoms with Crippen LogP contribution in [-0.2, 0) is 5.33 Å². The van der Waals surface area contributed by atoms with E-state index in [2.05, 4.69) is 32.8 Å². The van der Waals surface area contributed by atoms with Gasteiger partial charge in [-0.05, 0) is 22.4 Å². The summed E-state index contributed by atoms with van der Waals surface area (Å²) >= 11 is 5.08. The fourth-order valence-electron chi connectivity index (χ4n) is 0.369. The van der Waals surface area contributed by atoms with Crippen molar-refractivity contribution in [2.24, 2.45) is 0 Å². The molecule has 0 saturated carbocycles. The molecule has 0 atom stereocenters. The van der Waals surface area contributed by atoms with Crippen molar-refractivity contribution >= 4 is 54.6 Å². The van der Waals surface area contributed by atoms with Crippen molar-refractivity contribution in [3.63, 3.8) is 0 Å². The van der Waals surface area contributed by atoms with Gasteiger partial charge in [0.2, 0.25) is 0 Å². The van der Waals surface area contributed by atoms with Gasteiger partial charge in [0.05, 0.1) is 0 Å². The number of hydrogen-bond acceptors (Lipinski definition) is 1. The van der Waals surface area contributed by atoms with Crippen molar-refractivity contribution in [2.75, 3.05) is 0 Å². The fourth-order valence-corrected chi connectivity index (χ4v) is 1.60. The van der Waals surface area contributed by atoms with Gasteiger partial charge in [-0.15, -0.1) is 0 Å². The zero-order chi connectivity index (χ0) is 5.11. The molecular weight excluding hydrogens is 379 g/mol. The Morgan fingerprint density at radius 3 is 2.62 bits per heavy atom. The van der Waals surface area contributed by atoms with Crippen LogP contribution in [0, 0.1) is 0 Å². The van der Waals surface area contributed by atoms with E-state index in [0.717, 1.165) is 5.33 Å². The molecule has 0 saturated heterocycles. The monoisotopic (exact) mass is 384 g/mol. The maximum Gasteiger partial charge on any atom is 0.0291 e. The molecule has 42 valence electrons. The summed E-state index contributed by atoms with van der Waals surface area (Å²) in [5.74, 6) is 0. The molecule has 0 aliphatic heterocycles. The largest absolute Gasteiger partial charge is 0.152 e. The number of hydrogen-bond donors (Lipinski definition) is 0. The predicted molar refractivity (Wildman–Crippen MR) is 42.7 cm³/mol. The number of rotatable bonds is 1. The minimum Gasteiger partial charge on any atom is -0.152 e. The third-order valence-corrected chi connectivity index (χ3v) is 2.11. The Labute approximate surface area is 81.6 Å². The van der Waals surface area contributed by atoms with Crippen molar-refractivity contribution in [3.8, 4) is 0 Å². The van der Waals surface area contributed by atoms with Gasteiger partial charge in [0.25, 0.3) is 0 Å². The first-order valence-corrected chi connectivity index (χ1v) is 4.07. The zero-order valence-electron chi connectivity index (χ0n) is 4.23. The van der Waals surface area contributed by atoms with Crippen LogP contribution in [-0.4, -0.2) is 27.3 Å². The predicted octanol–water partition coefficient (Wildman–Crippen LogP) is 2.26. The summed E-state index contributed by atoms with van der Waals surface area (Å²) in [5, 5.41) is 5.20. The average Bonchev–Trinajstić information content (AvgIpc) is 2.14. The van der Waals surface area contributed by atoms with Gasteiger partial charge >= 0.3 is 0 Å². The molecule has 0 aliphatic rings. The zero-order valence-corrected chi connectivity index (χ0v) is 10.5. The first-order valence-electron chi connectivity index (χ1n) is 2.00. The van der Waals surface area contributed by atoms with E-state index in [1.165, 1.54) is 5.56 Å². The third kappa shape index (κ3) is 2.59. The molecule has 3 heteroatoms. The Morgan fingerprint density at radius 1 is 1.62 bits per heavy atom. The van der Waals surface area contributed by atoms with E-state index >= 15 is 0 Å². The molecule has 0 N–H and O–H groups in total. The van der Waals surface area contributed by atoms with E-state index in [1.807, 2.05) is 0 Å². The summed E-state index contributed by atoms with van der Waals surface area (Å²) in [6.45, 7) is 0. The van der Waals surface area contributed by atoms with Crippen molar-refractivity contribution in [1.82, 2.24) is 0 Å².